The Morgan fingerprint density at radius 3 is 2.47 bits per heavy atom. The SMILES string of the molecule is Cc1ccc(OCCN(C(=O)C2=C(c3ccc(CCCOc4cc(F)ccc4Br)cc3)C[C@@H]3CN(C(=O)C[C@@H](O)CC(=O)O)C[C@H]2N3)C2CC2)cc1C. The number of carboxylic acids is 1. The highest BCUT2D eigenvalue weighted by Crippen LogP contribution is 2.37. The van der Waals surface area contributed by atoms with Crippen LogP contribution < -0.4 is 14.8 Å². The molecule has 3 aromatic carbocycles. The number of carbonyl (C=O) groups is 3. The molecule has 53 heavy (non-hydrogen) atoms. The fourth-order valence-corrected chi connectivity index (χ4v) is 7.51. The third kappa shape index (κ3) is 10.0. The van der Waals surface area contributed by atoms with Crippen molar-refractivity contribution in [2.45, 2.75) is 83.0 Å². The first kappa shape index (κ1) is 38.5. The number of fused-ring (bicyclic) bond motifs is 2. The maximum Gasteiger partial charge on any atom is 0.305 e. The number of aliphatic hydroxyl groups is 1. The van der Waals surface area contributed by atoms with Crippen LogP contribution in [0.4, 0.5) is 4.39 Å². The van der Waals surface area contributed by atoms with Crippen molar-refractivity contribution in [3.63, 3.8) is 0 Å². The Hall–Kier alpha value is -4.26. The third-order valence-electron chi connectivity index (χ3n) is 10.2. The number of carbonyl (C=O) groups excluding carboxylic acids is 2. The van der Waals surface area contributed by atoms with E-state index in [1.807, 2.05) is 30.0 Å². The van der Waals surface area contributed by atoms with E-state index in [2.05, 4.69) is 52.4 Å². The molecule has 12 heteroatoms. The van der Waals surface area contributed by atoms with Crippen LogP contribution in [0.3, 0.4) is 0 Å². The minimum atomic E-state index is -1.28. The van der Waals surface area contributed by atoms with E-state index in [9.17, 15) is 23.9 Å². The number of halogens is 2. The van der Waals surface area contributed by atoms with Crippen molar-refractivity contribution in [3.05, 3.63) is 98.8 Å². The monoisotopic (exact) mass is 791 g/mol. The molecular weight excluding hydrogens is 745 g/mol. The van der Waals surface area contributed by atoms with Gasteiger partial charge in [-0.05, 0) is 114 Å². The van der Waals surface area contributed by atoms with Crippen molar-refractivity contribution in [1.82, 2.24) is 15.1 Å². The molecule has 0 aromatic heterocycles. The van der Waals surface area contributed by atoms with E-state index in [4.69, 9.17) is 14.6 Å². The van der Waals surface area contributed by atoms with Gasteiger partial charge >= 0.3 is 5.97 Å². The summed E-state index contributed by atoms with van der Waals surface area (Å²) in [5, 5.41) is 22.9. The van der Waals surface area contributed by atoms with E-state index in [0.717, 1.165) is 53.7 Å². The van der Waals surface area contributed by atoms with Gasteiger partial charge < -0.3 is 34.8 Å². The normalized spacial score (nSPS) is 18.8. The summed E-state index contributed by atoms with van der Waals surface area (Å²) in [4.78, 5) is 42.7. The van der Waals surface area contributed by atoms with Gasteiger partial charge in [-0.15, -0.1) is 0 Å². The fourth-order valence-electron chi connectivity index (χ4n) is 7.15. The summed E-state index contributed by atoms with van der Waals surface area (Å²) >= 11 is 3.40. The molecule has 6 rings (SSSR count). The molecule has 3 aliphatic rings. The van der Waals surface area contributed by atoms with Gasteiger partial charge in [0.25, 0.3) is 5.91 Å². The number of aryl methyl sites for hydroxylation is 3. The molecule has 0 unspecified atom stereocenters. The number of aliphatic hydroxyl groups excluding tert-OH is 1. The number of amides is 2. The van der Waals surface area contributed by atoms with E-state index in [0.29, 0.717) is 48.5 Å². The molecule has 10 nitrogen and oxygen atoms in total. The van der Waals surface area contributed by atoms with Gasteiger partial charge in [-0.2, -0.15) is 0 Å². The standard InChI is InChI=1S/C41H47BrFN3O7/c1-25-5-13-33(18-26(25)2)52-17-15-46(31-11-12-31)41(51)40-34(20-30-23-45(24-36(40)44-30)38(48)21-32(47)22-39(49)50)28-8-6-27(7-9-28)4-3-16-53-37-19-29(43)10-14-35(37)42/h5-10,13-14,18-19,30-32,36,44,47H,3-4,11-12,15-17,20-24H2,1-2H3,(H,49,50)/t30-,32-,36-/m1/s1. The van der Waals surface area contributed by atoms with Crippen LogP contribution in [-0.4, -0.2) is 94.9 Å². The number of rotatable bonds is 16. The van der Waals surface area contributed by atoms with Crippen molar-refractivity contribution in [2.24, 2.45) is 0 Å². The van der Waals surface area contributed by atoms with Crippen LogP contribution in [0.2, 0.25) is 0 Å². The molecular formula is C41H47BrFN3O7. The van der Waals surface area contributed by atoms with Gasteiger partial charge in [-0.3, -0.25) is 14.4 Å². The Bertz CT molecular complexity index is 1850. The molecule has 3 atom stereocenters. The van der Waals surface area contributed by atoms with E-state index in [1.165, 1.54) is 17.7 Å². The quantitative estimate of drug-likeness (QED) is 0.155. The van der Waals surface area contributed by atoms with Crippen LogP contribution in [0.15, 0.2) is 70.7 Å². The Kier molecular flexibility index (Phi) is 12.5. The second kappa shape index (κ2) is 17.3. The van der Waals surface area contributed by atoms with E-state index < -0.39 is 24.5 Å². The number of nitrogens with zero attached hydrogens (tertiary/aromatic N) is 2. The molecule has 1 saturated carbocycles. The minimum absolute atomic E-state index is 0.0768. The average Bonchev–Trinajstić information content (AvgIpc) is 3.96. The zero-order chi connectivity index (χ0) is 37.6. The predicted molar refractivity (Wildman–Crippen MR) is 202 cm³/mol. The first-order valence-corrected chi connectivity index (χ1v) is 19.1. The van der Waals surface area contributed by atoms with Crippen LogP contribution in [0.1, 0.15) is 60.8 Å². The minimum Gasteiger partial charge on any atom is -0.492 e. The topological polar surface area (TPSA) is 129 Å². The molecule has 0 spiro atoms. The molecule has 2 aliphatic heterocycles. The zero-order valence-corrected chi connectivity index (χ0v) is 31.7. The summed E-state index contributed by atoms with van der Waals surface area (Å²) in [7, 11) is 0. The van der Waals surface area contributed by atoms with Gasteiger partial charge in [0, 0.05) is 36.8 Å². The van der Waals surface area contributed by atoms with Crippen LogP contribution >= 0.6 is 15.9 Å². The number of nitrogens with one attached hydrogen (secondary N) is 1. The number of aliphatic carboxylic acids is 1. The van der Waals surface area contributed by atoms with E-state index in [1.54, 1.807) is 11.0 Å². The smallest absolute Gasteiger partial charge is 0.305 e. The highest BCUT2D eigenvalue weighted by atomic mass is 79.9. The molecule has 282 valence electrons. The first-order chi connectivity index (χ1) is 25.4. The molecule has 1 saturated heterocycles. The average molecular weight is 793 g/mol. The Labute approximate surface area is 318 Å². The Balaban J connectivity index is 1.20. The van der Waals surface area contributed by atoms with Crippen LogP contribution in [0.5, 0.6) is 11.5 Å². The largest absolute Gasteiger partial charge is 0.492 e. The third-order valence-corrected chi connectivity index (χ3v) is 10.9. The molecule has 3 N–H and O–H groups in total. The number of hydrogen-bond acceptors (Lipinski definition) is 7. The first-order valence-electron chi connectivity index (χ1n) is 18.3. The van der Waals surface area contributed by atoms with E-state index in [-0.39, 0.29) is 42.7 Å². The number of hydrogen-bond donors (Lipinski definition) is 3. The summed E-state index contributed by atoms with van der Waals surface area (Å²) in [5.74, 6) is -0.696. The second-order valence-corrected chi connectivity index (χ2v) is 15.2. The van der Waals surface area contributed by atoms with Gasteiger partial charge in [0.1, 0.15) is 23.9 Å². The maximum absolute atomic E-state index is 14.7. The highest BCUT2D eigenvalue weighted by molar-refractivity contribution is 9.10. The molecule has 1 aliphatic carbocycles. The molecule has 3 aromatic rings. The van der Waals surface area contributed by atoms with Crippen LogP contribution in [-0.2, 0) is 20.8 Å². The van der Waals surface area contributed by atoms with Gasteiger partial charge in [0.15, 0.2) is 0 Å². The van der Waals surface area contributed by atoms with Crippen LogP contribution in [0, 0.1) is 19.7 Å². The van der Waals surface area contributed by atoms with Crippen molar-refractivity contribution >= 4 is 39.3 Å². The highest BCUT2D eigenvalue weighted by Gasteiger charge is 2.43. The van der Waals surface area contributed by atoms with Crippen LogP contribution in [0.25, 0.3) is 5.57 Å². The number of ether oxygens (including phenoxy) is 2. The summed E-state index contributed by atoms with van der Waals surface area (Å²) in [6.07, 6.45) is 1.76. The Morgan fingerprint density at radius 2 is 1.75 bits per heavy atom. The lowest BCUT2D eigenvalue weighted by Gasteiger charge is -2.45. The van der Waals surface area contributed by atoms with Crippen molar-refractivity contribution < 1.29 is 38.5 Å². The predicted octanol–water partition coefficient (Wildman–Crippen LogP) is 5.84. The molecule has 2 bridgehead atoms. The number of piperazine rings is 1. The molecule has 2 amide bonds. The fraction of sp³-hybridized carbons (Fsp3) is 0.439. The van der Waals surface area contributed by atoms with Gasteiger partial charge in [0.2, 0.25) is 5.91 Å². The molecule has 2 heterocycles. The molecule has 0 radical (unpaired) electrons. The Morgan fingerprint density at radius 1 is 0.981 bits per heavy atom. The van der Waals surface area contributed by atoms with Gasteiger partial charge in [0.05, 0.1) is 42.6 Å². The van der Waals surface area contributed by atoms with Gasteiger partial charge in [-0.1, -0.05) is 30.3 Å². The molecule has 2 fully saturated rings. The summed E-state index contributed by atoms with van der Waals surface area (Å²) in [5.41, 5.74) is 5.96. The van der Waals surface area contributed by atoms with Crippen molar-refractivity contribution in [2.75, 3.05) is 32.8 Å². The second-order valence-electron chi connectivity index (χ2n) is 14.3. The van der Waals surface area contributed by atoms with Crippen molar-refractivity contribution in [1.29, 1.82) is 0 Å². The summed E-state index contributed by atoms with van der Waals surface area (Å²) in [6, 6.07) is 18.1. The van der Waals surface area contributed by atoms with Crippen molar-refractivity contribution in [3.8, 4) is 11.5 Å². The number of carboxylic acid groups (broad SMARTS) is 1. The number of benzene rings is 3. The zero-order valence-electron chi connectivity index (χ0n) is 30.2. The lowest BCUT2D eigenvalue weighted by atomic mass is 9.82. The summed E-state index contributed by atoms with van der Waals surface area (Å²) < 4.78 is 26.3. The lowest BCUT2D eigenvalue weighted by Crippen LogP contribution is -2.62. The summed E-state index contributed by atoms with van der Waals surface area (Å²) in [6.45, 7) is 5.90. The maximum atomic E-state index is 14.7. The lowest BCUT2D eigenvalue weighted by molar-refractivity contribution is -0.141. The van der Waals surface area contributed by atoms with E-state index >= 15 is 0 Å². The van der Waals surface area contributed by atoms with Gasteiger partial charge in [-0.25, -0.2) is 4.39 Å².